The number of aliphatic hydroxyl groups excluding tert-OH is 1. The van der Waals surface area contributed by atoms with Crippen molar-refractivity contribution in [1.29, 1.82) is 0 Å². The van der Waals surface area contributed by atoms with Crippen molar-refractivity contribution in [2.75, 3.05) is 19.7 Å². The van der Waals surface area contributed by atoms with Crippen LogP contribution in [-0.2, 0) is 6.54 Å². The van der Waals surface area contributed by atoms with Crippen LogP contribution in [0.2, 0.25) is 0 Å². The minimum Gasteiger partial charge on any atom is -0.468 e. The van der Waals surface area contributed by atoms with E-state index in [9.17, 15) is 0 Å². The van der Waals surface area contributed by atoms with Crippen molar-refractivity contribution in [2.45, 2.75) is 20.4 Å². The van der Waals surface area contributed by atoms with Crippen molar-refractivity contribution in [3.05, 3.63) is 24.2 Å². The first-order valence-corrected chi connectivity index (χ1v) is 5.11. The summed E-state index contributed by atoms with van der Waals surface area (Å²) in [4.78, 5) is 2.26. The number of aliphatic hydroxyl groups is 1. The molecule has 3 heteroatoms. The Hall–Kier alpha value is -0.800. The predicted octanol–water partition coefficient (Wildman–Crippen LogP) is 1.73. The van der Waals surface area contributed by atoms with Gasteiger partial charge in [0.1, 0.15) is 5.76 Å². The van der Waals surface area contributed by atoms with Crippen LogP contribution < -0.4 is 0 Å². The maximum absolute atomic E-state index is 8.96. The Morgan fingerprint density at radius 2 is 2.36 bits per heavy atom. The Labute approximate surface area is 85.3 Å². The van der Waals surface area contributed by atoms with Crippen molar-refractivity contribution in [3.63, 3.8) is 0 Å². The van der Waals surface area contributed by atoms with Crippen molar-refractivity contribution in [2.24, 2.45) is 5.92 Å². The lowest BCUT2D eigenvalue weighted by atomic mass is 10.2. The number of rotatable bonds is 6. The lowest BCUT2D eigenvalue weighted by Crippen LogP contribution is -2.29. The van der Waals surface area contributed by atoms with E-state index in [1.807, 2.05) is 19.1 Å². The molecule has 0 amide bonds. The number of hydrogen-bond donors (Lipinski definition) is 1. The fourth-order valence-corrected chi connectivity index (χ4v) is 1.43. The Morgan fingerprint density at radius 1 is 1.57 bits per heavy atom. The molecule has 0 saturated carbocycles. The molecule has 1 aromatic heterocycles. The quantitative estimate of drug-likeness (QED) is 0.754. The molecule has 1 rings (SSSR count). The van der Waals surface area contributed by atoms with E-state index >= 15 is 0 Å². The summed E-state index contributed by atoms with van der Waals surface area (Å²) in [5, 5.41) is 8.96. The van der Waals surface area contributed by atoms with Crippen LogP contribution in [0.3, 0.4) is 0 Å². The highest BCUT2D eigenvalue weighted by molar-refractivity contribution is 4.97. The summed E-state index contributed by atoms with van der Waals surface area (Å²) in [6, 6.07) is 3.88. The van der Waals surface area contributed by atoms with Crippen molar-refractivity contribution in [3.8, 4) is 0 Å². The average Bonchev–Trinajstić information content (AvgIpc) is 2.69. The molecule has 0 fully saturated rings. The van der Waals surface area contributed by atoms with Gasteiger partial charge in [-0.1, -0.05) is 13.8 Å². The second-order valence-electron chi connectivity index (χ2n) is 3.69. The molecule has 0 aliphatic carbocycles. The van der Waals surface area contributed by atoms with E-state index in [0.717, 1.165) is 25.4 Å². The van der Waals surface area contributed by atoms with Crippen molar-refractivity contribution in [1.82, 2.24) is 4.90 Å². The van der Waals surface area contributed by atoms with Crippen LogP contribution in [0, 0.1) is 5.92 Å². The summed E-state index contributed by atoms with van der Waals surface area (Å²) in [6.07, 6.45) is 1.69. The molecule has 0 saturated heterocycles. The molecule has 3 nitrogen and oxygen atoms in total. The van der Waals surface area contributed by atoms with Gasteiger partial charge < -0.3 is 9.52 Å². The molecule has 0 aromatic carbocycles. The summed E-state index contributed by atoms with van der Waals surface area (Å²) in [7, 11) is 0. The molecule has 14 heavy (non-hydrogen) atoms. The zero-order chi connectivity index (χ0) is 10.4. The topological polar surface area (TPSA) is 36.6 Å². The Balaban J connectivity index is 2.39. The highest BCUT2D eigenvalue weighted by atomic mass is 16.3. The van der Waals surface area contributed by atoms with Gasteiger partial charge in [0, 0.05) is 13.2 Å². The number of nitrogens with zero attached hydrogens (tertiary/aromatic N) is 1. The van der Waals surface area contributed by atoms with Crippen LogP contribution in [0.5, 0.6) is 0 Å². The van der Waals surface area contributed by atoms with Crippen molar-refractivity contribution >= 4 is 0 Å². The highest BCUT2D eigenvalue weighted by Gasteiger charge is 2.09. The molecule has 0 aliphatic heterocycles. The fraction of sp³-hybridized carbons (Fsp3) is 0.636. The highest BCUT2D eigenvalue weighted by Crippen LogP contribution is 2.07. The van der Waals surface area contributed by atoms with E-state index in [-0.39, 0.29) is 6.61 Å². The Morgan fingerprint density at radius 3 is 2.86 bits per heavy atom. The van der Waals surface area contributed by atoms with Gasteiger partial charge in [-0.15, -0.1) is 0 Å². The van der Waals surface area contributed by atoms with E-state index in [1.54, 1.807) is 6.26 Å². The van der Waals surface area contributed by atoms with E-state index < -0.39 is 0 Å². The molecule has 1 N–H and O–H groups in total. The van der Waals surface area contributed by atoms with Gasteiger partial charge in [-0.2, -0.15) is 0 Å². The molecule has 1 unspecified atom stereocenters. The molecule has 1 aromatic rings. The van der Waals surface area contributed by atoms with E-state index in [2.05, 4.69) is 11.8 Å². The largest absolute Gasteiger partial charge is 0.468 e. The molecule has 80 valence electrons. The summed E-state index contributed by atoms with van der Waals surface area (Å²) in [5.41, 5.74) is 0. The predicted molar refractivity (Wildman–Crippen MR) is 55.9 cm³/mol. The fourth-order valence-electron chi connectivity index (χ4n) is 1.43. The van der Waals surface area contributed by atoms with Gasteiger partial charge in [-0.25, -0.2) is 0 Å². The third-order valence-corrected chi connectivity index (χ3v) is 2.29. The lowest BCUT2D eigenvalue weighted by molar-refractivity contribution is 0.166. The maximum atomic E-state index is 8.96. The molecule has 1 atom stereocenters. The summed E-state index contributed by atoms with van der Waals surface area (Å²) in [6.45, 7) is 7.12. The second-order valence-corrected chi connectivity index (χ2v) is 3.69. The van der Waals surface area contributed by atoms with Crippen LogP contribution in [0.15, 0.2) is 22.8 Å². The first-order valence-electron chi connectivity index (χ1n) is 5.11. The van der Waals surface area contributed by atoms with Gasteiger partial charge in [0.25, 0.3) is 0 Å². The molecule has 0 aliphatic rings. The van der Waals surface area contributed by atoms with Gasteiger partial charge in [0.15, 0.2) is 0 Å². The van der Waals surface area contributed by atoms with E-state index in [1.165, 1.54) is 0 Å². The third kappa shape index (κ3) is 3.52. The smallest absolute Gasteiger partial charge is 0.117 e. The number of hydrogen-bond acceptors (Lipinski definition) is 3. The summed E-state index contributed by atoms with van der Waals surface area (Å²) in [5.74, 6) is 1.31. The summed E-state index contributed by atoms with van der Waals surface area (Å²) >= 11 is 0. The third-order valence-electron chi connectivity index (χ3n) is 2.29. The molecule has 0 radical (unpaired) electrons. The molecule has 0 bridgehead atoms. The molecule has 0 spiro atoms. The SMILES string of the molecule is CCN(Cc1ccco1)CC(C)CO. The first-order chi connectivity index (χ1) is 6.76. The monoisotopic (exact) mass is 197 g/mol. The van der Waals surface area contributed by atoms with Gasteiger partial charge in [0.2, 0.25) is 0 Å². The van der Waals surface area contributed by atoms with Crippen molar-refractivity contribution < 1.29 is 9.52 Å². The zero-order valence-corrected chi connectivity index (χ0v) is 8.94. The van der Waals surface area contributed by atoms with Gasteiger partial charge in [-0.3, -0.25) is 4.90 Å². The molecular formula is C11H19NO2. The minimum absolute atomic E-state index is 0.245. The van der Waals surface area contributed by atoms with E-state index in [0.29, 0.717) is 5.92 Å². The van der Waals surface area contributed by atoms with Crippen LogP contribution in [0.4, 0.5) is 0 Å². The van der Waals surface area contributed by atoms with Gasteiger partial charge >= 0.3 is 0 Å². The Kier molecular flexibility index (Phi) is 4.70. The van der Waals surface area contributed by atoms with Gasteiger partial charge in [-0.05, 0) is 24.6 Å². The maximum Gasteiger partial charge on any atom is 0.117 e. The first kappa shape index (κ1) is 11.3. The number of furan rings is 1. The zero-order valence-electron chi connectivity index (χ0n) is 8.94. The van der Waals surface area contributed by atoms with Gasteiger partial charge in [0.05, 0.1) is 12.8 Å². The molecule has 1 heterocycles. The average molecular weight is 197 g/mol. The lowest BCUT2D eigenvalue weighted by Gasteiger charge is -2.22. The second kappa shape index (κ2) is 5.83. The van der Waals surface area contributed by atoms with Crippen LogP contribution in [-0.4, -0.2) is 29.7 Å². The summed E-state index contributed by atoms with van der Waals surface area (Å²) < 4.78 is 5.28. The standard InChI is InChI=1S/C11H19NO2/c1-3-12(7-10(2)9-13)8-11-5-4-6-14-11/h4-6,10,13H,3,7-9H2,1-2H3. The van der Waals surface area contributed by atoms with E-state index in [4.69, 9.17) is 9.52 Å². The van der Waals surface area contributed by atoms with Crippen LogP contribution >= 0.6 is 0 Å². The van der Waals surface area contributed by atoms with Crippen LogP contribution in [0.1, 0.15) is 19.6 Å². The molecular weight excluding hydrogens is 178 g/mol. The Bertz CT molecular complexity index is 233. The minimum atomic E-state index is 0.245. The van der Waals surface area contributed by atoms with Crippen LogP contribution in [0.25, 0.3) is 0 Å². The normalized spacial score (nSPS) is 13.4.